The molecule has 6 nitrogen and oxygen atoms in total. The zero-order valence-electron chi connectivity index (χ0n) is 18.6. The number of fused-ring (bicyclic) bond motifs is 2. The van der Waals surface area contributed by atoms with Gasteiger partial charge in [0.05, 0.1) is 19.9 Å². The van der Waals surface area contributed by atoms with Gasteiger partial charge in [-0.25, -0.2) is 4.98 Å². The van der Waals surface area contributed by atoms with Crippen LogP contribution in [-0.4, -0.2) is 36.6 Å². The predicted octanol–water partition coefficient (Wildman–Crippen LogP) is 5.12. The minimum atomic E-state index is -0.138. The number of benzene rings is 3. The first kappa shape index (κ1) is 21.4. The van der Waals surface area contributed by atoms with Crippen molar-refractivity contribution in [2.75, 3.05) is 26.1 Å². The molecular weight excluding hydrogens is 434 g/mol. The number of anilines is 1. The van der Waals surface area contributed by atoms with Crippen molar-refractivity contribution in [2.24, 2.45) is 0 Å². The normalized spacial score (nSPS) is 13.5. The molecule has 1 aromatic heterocycles. The van der Waals surface area contributed by atoms with Gasteiger partial charge in [-0.3, -0.25) is 15.0 Å². The zero-order chi connectivity index (χ0) is 22.8. The maximum atomic E-state index is 12.9. The highest BCUT2D eigenvalue weighted by atomic mass is 32.1. The molecule has 1 N–H and O–H groups in total. The molecule has 0 atom stereocenters. The van der Waals surface area contributed by atoms with E-state index in [9.17, 15) is 4.79 Å². The lowest BCUT2D eigenvalue weighted by Crippen LogP contribution is -2.30. The number of hydrogen-bond acceptors (Lipinski definition) is 6. The molecule has 7 heteroatoms. The third-order valence-electron chi connectivity index (χ3n) is 5.99. The van der Waals surface area contributed by atoms with Crippen LogP contribution < -0.4 is 14.8 Å². The lowest BCUT2D eigenvalue weighted by Gasteiger charge is -2.29. The van der Waals surface area contributed by atoms with Crippen molar-refractivity contribution in [2.45, 2.75) is 19.5 Å². The molecule has 0 spiro atoms. The third kappa shape index (κ3) is 4.42. The van der Waals surface area contributed by atoms with Gasteiger partial charge in [0, 0.05) is 30.6 Å². The average Bonchev–Trinajstić information content (AvgIpc) is 3.29. The standard InChI is InChI=1S/C26H25N3O3S/c1-31-23-12-18-10-11-29(14-19(18)13-24(23)32-2)15-20-16-33-26(27-20)28-25(30)22-9-5-7-17-6-3-4-8-21(17)22/h3-9,12-13,16H,10-11,14-15H2,1-2H3,(H,27,28,30). The summed E-state index contributed by atoms with van der Waals surface area (Å²) in [6.45, 7) is 2.50. The van der Waals surface area contributed by atoms with E-state index in [-0.39, 0.29) is 5.91 Å². The SMILES string of the molecule is COc1cc2c(cc1OC)CN(Cc1csc(NC(=O)c3cccc4ccccc34)n1)CC2. The van der Waals surface area contributed by atoms with Crippen molar-refractivity contribution in [3.8, 4) is 11.5 Å². The zero-order valence-corrected chi connectivity index (χ0v) is 19.4. The highest BCUT2D eigenvalue weighted by Crippen LogP contribution is 2.33. The Morgan fingerprint density at radius 2 is 1.82 bits per heavy atom. The van der Waals surface area contributed by atoms with E-state index in [1.807, 2.05) is 47.8 Å². The second-order valence-electron chi connectivity index (χ2n) is 8.06. The van der Waals surface area contributed by atoms with Crippen molar-refractivity contribution < 1.29 is 14.3 Å². The van der Waals surface area contributed by atoms with Crippen LogP contribution >= 0.6 is 11.3 Å². The van der Waals surface area contributed by atoms with Crippen molar-refractivity contribution in [3.63, 3.8) is 0 Å². The van der Waals surface area contributed by atoms with E-state index in [1.54, 1.807) is 14.2 Å². The Morgan fingerprint density at radius 1 is 1.06 bits per heavy atom. The van der Waals surface area contributed by atoms with Crippen LogP contribution in [0.1, 0.15) is 27.2 Å². The topological polar surface area (TPSA) is 63.7 Å². The Balaban J connectivity index is 1.27. The fraction of sp³-hybridized carbons (Fsp3) is 0.231. The number of amides is 1. The van der Waals surface area contributed by atoms with Crippen LogP contribution in [0.15, 0.2) is 60.0 Å². The molecule has 33 heavy (non-hydrogen) atoms. The molecule has 0 fully saturated rings. The first-order valence-corrected chi connectivity index (χ1v) is 11.7. The first-order chi connectivity index (χ1) is 16.1. The molecule has 0 unspecified atom stereocenters. The number of methoxy groups -OCH3 is 2. The smallest absolute Gasteiger partial charge is 0.258 e. The van der Waals surface area contributed by atoms with Gasteiger partial charge in [0.25, 0.3) is 5.91 Å². The second kappa shape index (κ2) is 9.21. The molecule has 1 aliphatic heterocycles. The largest absolute Gasteiger partial charge is 0.493 e. The summed E-state index contributed by atoms with van der Waals surface area (Å²) in [6.07, 6.45) is 0.949. The summed E-state index contributed by atoms with van der Waals surface area (Å²) in [5, 5.41) is 7.59. The maximum absolute atomic E-state index is 12.9. The number of aromatic nitrogens is 1. The van der Waals surface area contributed by atoms with E-state index in [2.05, 4.69) is 27.3 Å². The molecule has 1 aliphatic rings. The summed E-state index contributed by atoms with van der Waals surface area (Å²) in [4.78, 5) is 19.9. The molecule has 1 amide bonds. The fourth-order valence-electron chi connectivity index (χ4n) is 4.33. The fourth-order valence-corrected chi connectivity index (χ4v) is 5.03. The number of nitrogens with one attached hydrogen (secondary N) is 1. The van der Waals surface area contributed by atoms with E-state index >= 15 is 0 Å². The van der Waals surface area contributed by atoms with Crippen LogP contribution in [0.5, 0.6) is 11.5 Å². The quantitative estimate of drug-likeness (QED) is 0.433. The van der Waals surface area contributed by atoms with E-state index in [1.165, 1.54) is 22.5 Å². The molecular formula is C26H25N3O3S. The van der Waals surface area contributed by atoms with Gasteiger partial charge in [-0.05, 0) is 46.5 Å². The molecule has 0 saturated carbocycles. The molecule has 0 bridgehead atoms. The molecule has 168 valence electrons. The van der Waals surface area contributed by atoms with E-state index in [0.717, 1.165) is 54.0 Å². The number of carbonyl (C=O) groups is 1. The number of nitrogens with zero attached hydrogens (tertiary/aromatic N) is 2. The van der Waals surface area contributed by atoms with Gasteiger partial charge in [0.15, 0.2) is 16.6 Å². The highest BCUT2D eigenvalue weighted by Gasteiger charge is 2.20. The number of rotatable bonds is 6. The molecule has 0 aliphatic carbocycles. The Morgan fingerprint density at radius 3 is 2.64 bits per heavy atom. The van der Waals surface area contributed by atoms with E-state index in [0.29, 0.717) is 10.7 Å². The van der Waals surface area contributed by atoms with Crippen LogP contribution in [0.2, 0.25) is 0 Å². The van der Waals surface area contributed by atoms with Gasteiger partial charge in [0.2, 0.25) is 0 Å². The summed E-state index contributed by atoms with van der Waals surface area (Å²) in [5.41, 5.74) is 4.16. The summed E-state index contributed by atoms with van der Waals surface area (Å²) in [5.74, 6) is 1.39. The van der Waals surface area contributed by atoms with Crippen molar-refractivity contribution in [1.29, 1.82) is 0 Å². The van der Waals surface area contributed by atoms with Crippen molar-refractivity contribution in [1.82, 2.24) is 9.88 Å². The third-order valence-corrected chi connectivity index (χ3v) is 6.80. The van der Waals surface area contributed by atoms with Gasteiger partial charge in [-0.2, -0.15) is 0 Å². The highest BCUT2D eigenvalue weighted by molar-refractivity contribution is 7.14. The minimum absolute atomic E-state index is 0.138. The molecule has 2 heterocycles. The van der Waals surface area contributed by atoms with Crippen molar-refractivity contribution in [3.05, 3.63) is 82.4 Å². The van der Waals surface area contributed by atoms with Gasteiger partial charge >= 0.3 is 0 Å². The van der Waals surface area contributed by atoms with Gasteiger partial charge < -0.3 is 9.47 Å². The summed E-state index contributed by atoms with van der Waals surface area (Å²) in [6, 6.07) is 17.8. The molecule has 4 aromatic rings. The minimum Gasteiger partial charge on any atom is -0.493 e. The van der Waals surface area contributed by atoms with Gasteiger partial charge in [-0.1, -0.05) is 36.4 Å². The van der Waals surface area contributed by atoms with E-state index in [4.69, 9.17) is 9.47 Å². The van der Waals surface area contributed by atoms with E-state index < -0.39 is 0 Å². The van der Waals surface area contributed by atoms with Crippen LogP contribution in [0, 0.1) is 0 Å². The Hall–Kier alpha value is -3.42. The molecule has 0 saturated heterocycles. The summed E-state index contributed by atoms with van der Waals surface area (Å²) < 4.78 is 10.9. The number of thiazole rings is 1. The Bertz CT molecular complexity index is 1310. The van der Waals surface area contributed by atoms with Gasteiger partial charge in [-0.15, -0.1) is 11.3 Å². The van der Waals surface area contributed by atoms with Crippen LogP contribution in [-0.2, 0) is 19.5 Å². The Kier molecular flexibility index (Phi) is 5.98. The number of hydrogen-bond donors (Lipinski definition) is 1. The summed E-state index contributed by atoms with van der Waals surface area (Å²) in [7, 11) is 3.33. The Labute approximate surface area is 196 Å². The monoisotopic (exact) mass is 459 g/mol. The van der Waals surface area contributed by atoms with Gasteiger partial charge in [0.1, 0.15) is 0 Å². The predicted molar refractivity (Wildman–Crippen MR) is 131 cm³/mol. The second-order valence-corrected chi connectivity index (χ2v) is 8.92. The number of carbonyl (C=O) groups excluding carboxylic acids is 1. The van der Waals surface area contributed by atoms with Crippen LogP contribution in [0.25, 0.3) is 10.8 Å². The lowest BCUT2D eigenvalue weighted by molar-refractivity contribution is 0.102. The molecule has 3 aromatic carbocycles. The van der Waals surface area contributed by atoms with Crippen LogP contribution in [0.3, 0.4) is 0 Å². The summed E-state index contributed by atoms with van der Waals surface area (Å²) >= 11 is 1.46. The van der Waals surface area contributed by atoms with Crippen LogP contribution in [0.4, 0.5) is 5.13 Å². The average molecular weight is 460 g/mol. The molecule has 5 rings (SSSR count). The first-order valence-electron chi connectivity index (χ1n) is 10.8. The van der Waals surface area contributed by atoms with Crippen molar-refractivity contribution >= 4 is 33.1 Å². The lowest BCUT2D eigenvalue weighted by atomic mass is 9.98. The number of ether oxygens (including phenoxy) is 2. The maximum Gasteiger partial charge on any atom is 0.258 e. The molecule has 0 radical (unpaired) electrons.